The third-order valence-electron chi connectivity index (χ3n) is 5.81. The fourth-order valence-electron chi connectivity index (χ4n) is 4.42. The largest absolute Gasteiger partial charge is 0.426 e. The molecule has 0 saturated heterocycles. The minimum Gasteiger partial charge on any atom is -0.390 e. The third kappa shape index (κ3) is 3.69. The van der Waals surface area contributed by atoms with Gasteiger partial charge in [0.1, 0.15) is 0 Å². The Bertz CT molecular complexity index is 629. The van der Waals surface area contributed by atoms with Gasteiger partial charge in [0.05, 0.1) is 18.8 Å². The molecule has 1 aromatic rings. The number of aliphatic hydroxyl groups excluding tert-OH is 1. The number of hydrogen-bond donors (Lipinski definition) is 2. The Kier molecular flexibility index (Phi) is 5.24. The Morgan fingerprint density at radius 2 is 1.56 bits per heavy atom. The van der Waals surface area contributed by atoms with E-state index in [9.17, 15) is 36.6 Å². The molecule has 0 spiro atoms. The lowest BCUT2D eigenvalue weighted by Gasteiger charge is -2.39. The van der Waals surface area contributed by atoms with Crippen molar-refractivity contribution in [2.75, 3.05) is 0 Å². The van der Waals surface area contributed by atoms with E-state index in [1.165, 1.54) is 0 Å². The van der Waals surface area contributed by atoms with Crippen LogP contribution < -0.4 is 0 Å². The smallest absolute Gasteiger partial charge is 0.390 e. The zero-order valence-electron chi connectivity index (χ0n) is 14.2. The lowest BCUT2D eigenvalue weighted by molar-refractivity contribution is -0.373. The molecule has 2 fully saturated rings. The molecule has 152 valence electrons. The maximum Gasteiger partial charge on any atom is 0.426 e. The molecule has 1 aromatic carbocycles. The highest BCUT2D eigenvalue weighted by Crippen LogP contribution is 2.56. The van der Waals surface area contributed by atoms with Crippen LogP contribution in [0.2, 0.25) is 0 Å². The van der Waals surface area contributed by atoms with Gasteiger partial charge in [-0.25, -0.2) is 0 Å². The fraction of sp³-hybridized carbons (Fsp3) is 0.667. The van der Waals surface area contributed by atoms with Crippen LogP contribution in [-0.2, 0) is 11.3 Å². The summed E-state index contributed by atoms with van der Waals surface area (Å²) >= 11 is 0. The minimum atomic E-state index is -5.83. The third-order valence-corrected chi connectivity index (χ3v) is 5.81. The van der Waals surface area contributed by atoms with E-state index in [0.717, 1.165) is 5.56 Å². The highest BCUT2D eigenvalue weighted by molar-refractivity contribution is 5.14. The van der Waals surface area contributed by atoms with Crippen molar-refractivity contribution in [2.45, 2.75) is 56.0 Å². The standard InChI is InChI=1S/C18H20F6O3/c19-17(20,21)16(26,18(22,23)24)8-12-6-11-7-13(12)14(25)15(11)27-9-10-4-2-1-3-5-10/h1-5,11-15,25-26H,6-9H2/t11-,12-,13-,14-,15+/m1/s1. The molecule has 0 radical (unpaired) electrons. The molecule has 0 aromatic heterocycles. The van der Waals surface area contributed by atoms with Crippen LogP contribution in [0.1, 0.15) is 24.8 Å². The summed E-state index contributed by atoms with van der Waals surface area (Å²) in [7, 11) is 0. The van der Waals surface area contributed by atoms with Crippen molar-refractivity contribution in [3.05, 3.63) is 35.9 Å². The van der Waals surface area contributed by atoms with Gasteiger partial charge in [0.25, 0.3) is 5.60 Å². The first-order valence-electron chi connectivity index (χ1n) is 8.63. The first-order valence-corrected chi connectivity index (χ1v) is 8.63. The van der Waals surface area contributed by atoms with E-state index in [1.807, 2.05) is 18.2 Å². The van der Waals surface area contributed by atoms with Crippen molar-refractivity contribution in [2.24, 2.45) is 17.8 Å². The zero-order chi connectivity index (χ0) is 20.0. The molecule has 2 saturated carbocycles. The van der Waals surface area contributed by atoms with E-state index in [1.54, 1.807) is 12.1 Å². The van der Waals surface area contributed by atoms with Gasteiger partial charge in [-0.1, -0.05) is 30.3 Å². The molecule has 0 amide bonds. The Balaban J connectivity index is 1.66. The van der Waals surface area contributed by atoms with Crippen LogP contribution in [0.3, 0.4) is 0 Å². The molecule has 9 heteroatoms. The predicted molar refractivity (Wildman–Crippen MR) is 82.4 cm³/mol. The SMILES string of the molecule is O[C@@H]1[C@@H]2C[C@@H](C[C@@H]2CC(O)(C(F)(F)F)C(F)(F)F)[C@@H]1OCc1ccccc1. The van der Waals surface area contributed by atoms with Crippen molar-refractivity contribution in [3.8, 4) is 0 Å². The second-order valence-electron chi connectivity index (χ2n) is 7.47. The number of benzene rings is 1. The fourth-order valence-corrected chi connectivity index (χ4v) is 4.42. The Morgan fingerprint density at radius 3 is 2.07 bits per heavy atom. The highest BCUT2D eigenvalue weighted by Gasteiger charge is 2.71. The van der Waals surface area contributed by atoms with Gasteiger partial charge in [0.2, 0.25) is 0 Å². The van der Waals surface area contributed by atoms with Gasteiger partial charge in [-0.3, -0.25) is 0 Å². The number of aliphatic hydroxyl groups is 2. The summed E-state index contributed by atoms with van der Waals surface area (Å²) in [5.74, 6) is -2.16. The second kappa shape index (κ2) is 6.93. The van der Waals surface area contributed by atoms with Crippen LogP contribution in [0.5, 0.6) is 0 Å². The van der Waals surface area contributed by atoms with Crippen LogP contribution in [-0.4, -0.2) is 40.4 Å². The molecule has 3 nitrogen and oxygen atoms in total. The Labute approximate surface area is 151 Å². The quantitative estimate of drug-likeness (QED) is 0.742. The molecule has 5 atom stereocenters. The van der Waals surface area contributed by atoms with Crippen molar-refractivity contribution < 1.29 is 41.3 Å². The number of alkyl halides is 6. The average molecular weight is 398 g/mol. The van der Waals surface area contributed by atoms with Crippen molar-refractivity contribution >= 4 is 0 Å². The molecule has 0 heterocycles. The molecule has 2 aliphatic carbocycles. The first-order chi connectivity index (χ1) is 12.4. The number of rotatable bonds is 5. The molecule has 2 bridgehead atoms. The van der Waals surface area contributed by atoms with Crippen LogP contribution >= 0.6 is 0 Å². The van der Waals surface area contributed by atoms with Gasteiger partial charge >= 0.3 is 12.4 Å². The van der Waals surface area contributed by atoms with Crippen LogP contribution in [0.15, 0.2) is 30.3 Å². The van der Waals surface area contributed by atoms with E-state index in [4.69, 9.17) is 4.74 Å². The van der Waals surface area contributed by atoms with Crippen molar-refractivity contribution in [3.63, 3.8) is 0 Å². The van der Waals surface area contributed by atoms with Crippen molar-refractivity contribution in [1.82, 2.24) is 0 Å². The normalized spacial score (nSPS) is 31.5. The Morgan fingerprint density at radius 1 is 0.963 bits per heavy atom. The van der Waals surface area contributed by atoms with Gasteiger partial charge in [0, 0.05) is 0 Å². The summed E-state index contributed by atoms with van der Waals surface area (Å²) in [6.45, 7) is 0.200. The maximum atomic E-state index is 12.9. The molecule has 3 rings (SSSR count). The van der Waals surface area contributed by atoms with Gasteiger partial charge < -0.3 is 14.9 Å². The first kappa shape index (κ1) is 20.4. The summed E-state index contributed by atoms with van der Waals surface area (Å²) in [5, 5.41) is 19.8. The van der Waals surface area contributed by atoms with Gasteiger partial charge in [0.15, 0.2) is 0 Å². The molecule has 2 N–H and O–H groups in total. The summed E-state index contributed by atoms with van der Waals surface area (Å²) in [5.41, 5.74) is -3.91. The van der Waals surface area contributed by atoms with Crippen LogP contribution in [0.25, 0.3) is 0 Å². The minimum absolute atomic E-state index is 0.0512. The number of fused-ring (bicyclic) bond motifs is 2. The summed E-state index contributed by atoms with van der Waals surface area (Å²) in [6.07, 6.45) is -14.6. The number of ether oxygens (including phenoxy) is 1. The number of hydrogen-bond acceptors (Lipinski definition) is 3. The monoisotopic (exact) mass is 398 g/mol. The summed E-state index contributed by atoms with van der Waals surface area (Å²) < 4.78 is 83.2. The predicted octanol–water partition coefficient (Wildman–Crippen LogP) is 3.83. The molecule has 0 aliphatic heterocycles. The van der Waals surface area contributed by atoms with Gasteiger partial charge in [-0.2, -0.15) is 26.3 Å². The molecule has 0 unspecified atom stereocenters. The van der Waals surface area contributed by atoms with Crippen LogP contribution in [0, 0.1) is 17.8 Å². The van der Waals surface area contributed by atoms with E-state index in [0.29, 0.717) is 0 Å². The molecular formula is C18H20F6O3. The average Bonchev–Trinajstić information content (AvgIpc) is 3.09. The van der Waals surface area contributed by atoms with E-state index >= 15 is 0 Å². The van der Waals surface area contributed by atoms with Gasteiger partial charge in [-0.05, 0) is 42.6 Å². The number of halogens is 6. The lowest BCUT2D eigenvalue weighted by Crippen LogP contribution is -2.58. The van der Waals surface area contributed by atoms with Crippen molar-refractivity contribution in [1.29, 1.82) is 0 Å². The van der Waals surface area contributed by atoms with Gasteiger partial charge in [-0.15, -0.1) is 0 Å². The molecule has 27 heavy (non-hydrogen) atoms. The van der Waals surface area contributed by atoms with E-state index in [2.05, 4.69) is 0 Å². The van der Waals surface area contributed by atoms with E-state index < -0.39 is 48.4 Å². The van der Waals surface area contributed by atoms with Crippen LogP contribution in [0.4, 0.5) is 26.3 Å². The Hall–Kier alpha value is -1.32. The maximum absolute atomic E-state index is 12.9. The summed E-state index contributed by atoms with van der Waals surface area (Å²) in [4.78, 5) is 0. The zero-order valence-corrected chi connectivity index (χ0v) is 14.2. The lowest BCUT2D eigenvalue weighted by atomic mass is 9.77. The topological polar surface area (TPSA) is 49.7 Å². The van der Waals surface area contributed by atoms with E-state index in [-0.39, 0.29) is 25.4 Å². The summed E-state index contributed by atoms with van der Waals surface area (Å²) in [6, 6.07) is 9.06. The molecule has 2 aliphatic rings. The second-order valence-corrected chi connectivity index (χ2v) is 7.47. The molecular weight excluding hydrogens is 378 g/mol. The highest BCUT2D eigenvalue weighted by atomic mass is 19.4.